The van der Waals surface area contributed by atoms with Gasteiger partial charge in [-0.15, -0.1) is 0 Å². The molecule has 0 heterocycles. The highest BCUT2D eigenvalue weighted by Crippen LogP contribution is 2.38. The Bertz CT molecular complexity index is 1670. The second-order valence-corrected chi connectivity index (χ2v) is 13.8. The van der Waals surface area contributed by atoms with Crippen LogP contribution in [0.25, 0.3) is 0 Å². The molecule has 0 aromatic heterocycles. The summed E-state index contributed by atoms with van der Waals surface area (Å²) in [6, 6.07) is 42.4. The van der Waals surface area contributed by atoms with E-state index in [4.69, 9.17) is 23.7 Å². The maximum atomic E-state index is 5.99. The first-order valence-electron chi connectivity index (χ1n) is 18.4. The smallest absolute Gasteiger partial charge is 0.122 e. The van der Waals surface area contributed by atoms with Crippen molar-refractivity contribution >= 4 is 0 Å². The molecule has 0 amide bonds. The van der Waals surface area contributed by atoms with Crippen molar-refractivity contribution in [3.05, 3.63) is 149 Å². The zero-order valence-electron chi connectivity index (χ0n) is 31.9. The molecule has 2 atom stereocenters. The molecular formula is C46H55NO5. The van der Waals surface area contributed by atoms with Gasteiger partial charge in [-0.25, -0.2) is 0 Å². The molecule has 5 aromatic rings. The van der Waals surface area contributed by atoms with E-state index in [0.717, 1.165) is 61.2 Å². The third-order valence-electron chi connectivity index (χ3n) is 9.37. The van der Waals surface area contributed by atoms with E-state index in [0.29, 0.717) is 0 Å². The number of para-hydroxylation sites is 2. The first-order valence-corrected chi connectivity index (χ1v) is 18.4. The topological polar surface area (TPSA) is 49.4 Å². The van der Waals surface area contributed by atoms with Crippen molar-refractivity contribution in [2.75, 3.05) is 34.4 Å². The van der Waals surface area contributed by atoms with Gasteiger partial charge >= 0.3 is 0 Å². The molecule has 0 radical (unpaired) electrons. The molecule has 0 aliphatic carbocycles. The van der Waals surface area contributed by atoms with Crippen LogP contribution in [0.1, 0.15) is 80.2 Å². The number of rotatable bonds is 19. The molecule has 0 bridgehead atoms. The summed E-state index contributed by atoms with van der Waals surface area (Å²) in [5.74, 6) is 4.67. The minimum absolute atomic E-state index is 0.119. The lowest BCUT2D eigenvalue weighted by Crippen LogP contribution is -2.28. The largest absolute Gasteiger partial charge is 0.497 e. The summed E-state index contributed by atoms with van der Waals surface area (Å²) < 4.78 is 29.3. The number of methoxy groups -OCH3 is 3. The highest BCUT2D eigenvalue weighted by atomic mass is 16.5. The van der Waals surface area contributed by atoms with E-state index in [9.17, 15) is 0 Å². The van der Waals surface area contributed by atoms with Crippen molar-refractivity contribution in [2.45, 2.75) is 71.1 Å². The van der Waals surface area contributed by atoms with Gasteiger partial charge in [0.05, 0.1) is 33.5 Å². The number of hydrogen-bond acceptors (Lipinski definition) is 6. The second-order valence-electron chi connectivity index (χ2n) is 13.8. The van der Waals surface area contributed by atoms with Crippen LogP contribution in [0.4, 0.5) is 0 Å². The molecule has 274 valence electrons. The lowest BCUT2D eigenvalue weighted by atomic mass is 9.86. The van der Waals surface area contributed by atoms with E-state index >= 15 is 0 Å². The third-order valence-corrected chi connectivity index (χ3v) is 9.37. The summed E-state index contributed by atoms with van der Waals surface area (Å²) in [6.07, 6.45) is 2.05. The van der Waals surface area contributed by atoms with Crippen LogP contribution in [0.2, 0.25) is 0 Å². The van der Waals surface area contributed by atoms with Gasteiger partial charge in [0.2, 0.25) is 0 Å². The average molecular weight is 702 g/mol. The molecule has 52 heavy (non-hydrogen) atoms. The van der Waals surface area contributed by atoms with E-state index in [1.807, 2.05) is 24.3 Å². The first kappa shape index (κ1) is 38.3. The van der Waals surface area contributed by atoms with Crippen LogP contribution >= 0.6 is 0 Å². The Labute approximate surface area is 311 Å². The third kappa shape index (κ3) is 10.5. The molecule has 0 spiro atoms. The normalized spacial score (nSPS) is 12.5. The highest BCUT2D eigenvalue weighted by Gasteiger charge is 2.23. The Morgan fingerprint density at radius 2 is 0.865 bits per heavy atom. The van der Waals surface area contributed by atoms with Gasteiger partial charge in [0.1, 0.15) is 28.7 Å². The van der Waals surface area contributed by atoms with Crippen LogP contribution in [0.3, 0.4) is 0 Å². The quantitative estimate of drug-likeness (QED) is 0.0854. The Kier molecular flexibility index (Phi) is 14.0. The van der Waals surface area contributed by atoms with Crippen molar-refractivity contribution in [3.63, 3.8) is 0 Å². The average Bonchev–Trinajstić information content (AvgIpc) is 3.16. The van der Waals surface area contributed by atoms with Crippen LogP contribution in [0.15, 0.2) is 121 Å². The SMILES string of the molecule is COc1ccc(CN(CCC(c2ccc(OC(C)C)cc2)c2ccccc2OC)CCC(c2ccc(OC(C)C)cc2)c2ccccc2OC)cc1. The molecular weight excluding hydrogens is 647 g/mol. The molecule has 5 aromatic carbocycles. The van der Waals surface area contributed by atoms with E-state index in [1.54, 1.807) is 21.3 Å². The number of nitrogens with zero attached hydrogens (tertiary/aromatic N) is 1. The van der Waals surface area contributed by atoms with Crippen molar-refractivity contribution < 1.29 is 23.7 Å². The van der Waals surface area contributed by atoms with Gasteiger partial charge in [0.15, 0.2) is 0 Å². The van der Waals surface area contributed by atoms with Gasteiger partial charge in [0, 0.05) is 29.5 Å². The standard InChI is InChI=1S/C46H55NO5/c1-33(2)51-39-24-18-36(19-25-39)41(43-12-8-10-14-45(43)49-6)28-30-47(32-35-16-22-38(48-5)23-17-35)31-29-42(44-13-9-11-15-46(44)50-7)37-20-26-40(27-21-37)52-34(3)4/h8-27,33-34,41-42H,28-32H2,1-7H3. The predicted octanol–water partition coefficient (Wildman–Crippen LogP) is 10.5. The Morgan fingerprint density at radius 3 is 1.25 bits per heavy atom. The summed E-state index contributed by atoms with van der Waals surface area (Å²) >= 11 is 0. The molecule has 0 saturated heterocycles. The zero-order chi connectivity index (χ0) is 36.9. The van der Waals surface area contributed by atoms with Crippen LogP contribution in [-0.2, 0) is 6.54 Å². The monoisotopic (exact) mass is 701 g/mol. The minimum atomic E-state index is 0.119. The van der Waals surface area contributed by atoms with Crippen LogP contribution in [0, 0.1) is 0 Å². The molecule has 2 unspecified atom stereocenters. The number of ether oxygens (including phenoxy) is 5. The van der Waals surface area contributed by atoms with E-state index in [1.165, 1.54) is 27.8 Å². The van der Waals surface area contributed by atoms with Crippen molar-refractivity contribution in [1.82, 2.24) is 4.90 Å². The molecule has 0 aliphatic rings. The predicted molar refractivity (Wildman–Crippen MR) is 212 cm³/mol. The molecule has 5 rings (SSSR count). The number of hydrogen-bond donors (Lipinski definition) is 0. The molecule has 0 aliphatic heterocycles. The van der Waals surface area contributed by atoms with Gasteiger partial charge in [0.25, 0.3) is 0 Å². The fraction of sp³-hybridized carbons (Fsp3) is 0.348. The maximum absolute atomic E-state index is 5.99. The summed E-state index contributed by atoms with van der Waals surface area (Å²) in [4.78, 5) is 2.58. The lowest BCUT2D eigenvalue weighted by molar-refractivity contribution is 0.242. The molecule has 6 nitrogen and oxygen atoms in total. The van der Waals surface area contributed by atoms with Gasteiger partial charge in [-0.2, -0.15) is 0 Å². The molecule has 0 N–H and O–H groups in total. The van der Waals surface area contributed by atoms with E-state index in [2.05, 4.69) is 130 Å². The van der Waals surface area contributed by atoms with Crippen LogP contribution in [-0.4, -0.2) is 51.5 Å². The Morgan fingerprint density at radius 1 is 0.462 bits per heavy atom. The summed E-state index contributed by atoms with van der Waals surface area (Å²) in [5, 5.41) is 0. The van der Waals surface area contributed by atoms with Crippen molar-refractivity contribution in [2.24, 2.45) is 0 Å². The fourth-order valence-corrected chi connectivity index (χ4v) is 6.90. The first-order chi connectivity index (χ1) is 25.3. The summed E-state index contributed by atoms with van der Waals surface area (Å²) in [5.41, 5.74) is 6.08. The van der Waals surface area contributed by atoms with Crippen molar-refractivity contribution in [3.8, 4) is 28.7 Å². The fourth-order valence-electron chi connectivity index (χ4n) is 6.90. The van der Waals surface area contributed by atoms with E-state index < -0.39 is 0 Å². The minimum Gasteiger partial charge on any atom is -0.497 e. The van der Waals surface area contributed by atoms with Gasteiger partial charge < -0.3 is 23.7 Å². The highest BCUT2D eigenvalue weighted by molar-refractivity contribution is 5.45. The second kappa shape index (κ2) is 19.1. The van der Waals surface area contributed by atoms with E-state index in [-0.39, 0.29) is 24.0 Å². The van der Waals surface area contributed by atoms with Gasteiger partial charge in [-0.05, 0) is 119 Å². The molecule has 6 heteroatoms. The summed E-state index contributed by atoms with van der Waals surface area (Å²) in [6.45, 7) is 10.8. The maximum Gasteiger partial charge on any atom is 0.122 e. The zero-order valence-corrected chi connectivity index (χ0v) is 31.9. The lowest BCUT2D eigenvalue weighted by Gasteiger charge is -2.29. The van der Waals surface area contributed by atoms with Crippen LogP contribution in [0.5, 0.6) is 28.7 Å². The number of benzene rings is 5. The summed E-state index contributed by atoms with van der Waals surface area (Å²) in [7, 11) is 5.22. The van der Waals surface area contributed by atoms with Gasteiger partial charge in [-0.1, -0.05) is 72.8 Å². The molecule has 0 saturated carbocycles. The van der Waals surface area contributed by atoms with Crippen molar-refractivity contribution in [1.29, 1.82) is 0 Å². The Balaban J connectivity index is 1.46. The van der Waals surface area contributed by atoms with Crippen LogP contribution < -0.4 is 23.7 Å². The Hall–Kier alpha value is -4.94. The molecule has 0 fully saturated rings. The van der Waals surface area contributed by atoms with Gasteiger partial charge in [-0.3, -0.25) is 4.90 Å².